The largest absolute Gasteiger partial charge is 0.497 e. The number of carbonyl (C=O) groups excluding carboxylic acids is 1. The van der Waals surface area contributed by atoms with Gasteiger partial charge in [-0.05, 0) is 42.5 Å². The lowest BCUT2D eigenvalue weighted by molar-refractivity contribution is -0.133. The lowest BCUT2D eigenvalue weighted by Crippen LogP contribution is -2.50. The van der Waals surface area contributed by atoms with Crippen molar-refractivity contribution in [2.75, 3.05) is 51.8 Å². The van der Waals surface area contributed by atoms with Crippen molar-refractivity contribution >= 4 is 11.6 Å². The maximum Gasteiger partial charge on any atom is 0.237 e. The Morgan fingerprint density at radius 1 is 1.10 bits per heavy atom. The van der Waals surface area contributed by atoms with E-state index in [1.165, 1.54) is 16.8 Å². The molecule has 154 valence electrons. The van der Waals surface area contributed by atoms with Gasteiger partial charge in [-0.25, -0.2) is 0 Å². The normalized spacial score (nSPS) is 19.5. The zero-order valence-electron chi connectivity index (χ0n) is 17.5. The molecule has 4 rings (SSSR count). The molecule has 0 spiro atoms. The van der Waals surface area contributed by atoms with E-state index in [0.717, 1.165) is 51.2 Å². The quantitative estimate of drug-likeness (QED) is 0.781. The number of piperazine rings is 1. The van der Waals surface area contributed by atoms with Gasteiger partial charge in [-0.3, -0.25) is 9.69 Å². The summed E-state index contributed by atoms with van der Waals surface area (Å²) < 4.78 is 5.34. The second-order valence-electron chi connectivity index (χ2n) is 8.08. The predicted octanol–water partition coefficient (Wildman–Crippen LogP) is 3.35. The monoisotopic (exact) mass is 393 g/mol. The molecule has 1 aliphatic carbocycles. The van der Waals surface area contributed by atoms with Gasteiger partial charge in [0.15, 0.2) is 0 Å². The highest BCUT2D eigenvalue weighted by Gasteiger charge is 2.28. The molecule has 0 bridgehead atoms. The first-order valence-electron chi connectivity index (χ1n) is 10.6. The van der Waals surface area contributed by atoms with E-state index < -0.39 is 0 Å². The number of hydrogen-bond donors (Lipinski definition) is 0. The Balaban J connectivity index is 1.33. The van der Waals surface area contributed by atoms with Crippen LogP contribution in [0.5, 0.6) is 5.75 Å². The second kappa shape index (κ2) is 8.87. The minimum absolute atomic E-state index is 0.213. The Kier molecular flexibility index (Phi) is 6.05. The van der Waals surface area contributed by atoms with E-state index in [-0.39, 0.29) is 11.9 Å². The molecule has 1 saturated heterocycles. The van der Waals surface area contributed by atoms with Gasteiger partial charge in [-0.15, -0.1) is 0 Å². The van der Waals surface area contributed by atoms with Crippen LogP contribution in [0, 0.1) is 0 Å². The SMILES string of the molecule is COc1cccc(N2CCN(CC(=O)N(C)C3CCCc4ccccc43)CC2)c1. The van der Waals surface area contributed by atoms with Gasteiger partial charge in [0.1, 0.15) is 5.75 Å². The third-order valence-electron chi connectivity index (χ3n) is 6.35. The van der Waals surface area contributed by atoms with Crippen LogP contribution in [0.4, 0.5) is 5.69 Å². The molecule has 0 radical (unpaired) electrons. The highest BCUT2D eigenvalue weighted by atomic mass is 16.5. The summed E-state index contributed by atoms with van der Waals surface area (Å²) in [7, 11) is 3.67. The number of aryl methyl sites for hydroxylation is 1. The molecular formula is C24H31N3O2. The minimum Gasteiger partial charge on any atom is -0.497 e. The number of amides is 1. The fourth-order valence-corrected chi connectivity index (χ4v) is 4.58. The van der Waals surface area contributed by atoms with Gasteiger partial charge < -0.3 is 14.5 Å². The number of fused-ring (bicyclic) bond motifs is 1. The molecule has 2 aromatic rings. The number of ether oxygens (including phenoxy) is 1. The number of rotatable bonds is 5. The summed E-state index contributed by atoms with van der Waals surface area (Å²) in [5.41, 5.74) is 3.92. The summed E-state index contributed by atoms with van der Waals surface area (Å²) in [5.74, 6) is 1.11. The zero-order chi connectivity index (χ0) is 20.2. The molecule has 1 heterocycles. The summed E-state index contributed by atoms with van der Waals surface area (Å²) >= 11 is 0. The molecule has 0 saturated carbocycles. The summed E-state index contributed by atoms with van der Waals surface area (Å²) in [4.78, 5) is 19.6. The average molecular weight is 394 g/mol. The molecule has 1 atom stereocenters. The molecule has 1 aliphatic heterocycles. The smallest absolute Gasteiger partial charge is 0.237 e. The van der Waals surface area contributed by atoms with Crippen molar-refractivity contribution < 1.29 is 9.53 Å². The van der Waals surface area contributed by atoms with Crippen LogP contribution in [0.1, 0.15) is 30.0 Å². The average Bonchev–Trinajstić information content (AvgIpc) is 2.78. The van der Waals surface area contributed by atoms with Crippen LogP contribution in [0.2, 0.25) is 0 Å². The van der Waals surface area contributed by atoms with Crippen molar-refractivity contribution in [2.45, 2.75) is 25.3 Å². The van der Waals surface area contributed by atoms with Crippen molar-refractivity contribution in [3.05, 3.63) is 59.7 Å². The van der Waals surface area contributed by atoms with E-state index in [0.29, 0.717) is 6.54 Å². The molecule has 0 N–H and O–H groups in total. The molecule has 2 aromatic carbocycles. The number of carbonyl (C=O) groups is 1. The maximum atomic E-state index is 13.0. The van der Waals surface area contributed by atoms with Crippen molar-refractivity contribution in [1.29, 1.82) is 0 Å². The summed E-state index contributed by atoms with van der Waals surface area (Å²) in [6.45, 7) is 4.16. The van der Waals surface area contributed by atoms with Crippen LogP contribution >= 0.6 is 0 Å². The molecule has 0 aromatic heterocycles. The standard InChI is InChI=1S/C24H31N3O2/c1-25(23-12-5-8-19-7-3-4-11-22(19)23)24(28)18-26-13-15-27(16-14-26)20-9-6-10-21(17-20)29-2/h3-4,6-7,9-11,17,23H,5,8,12-16,18H2,1-2H3. The van der Waals surface area contributed by atoms with Gasteiger partial charge in [-0.1, -0.05) is 30.3 Å². The first-order chi connectivity index (χ1) is 14.2. The Hall–Kier alpha value is -2.53. The van der Waals surface area contributed by atoms with Gasteiger partial charge in [0.05, 0.1) is 19.7 Å². The Morgan fingerprint density at radius 3 is 2.69 bits per heavy atom. The van der Waals surface area contributed by atoms with Gasteiger partial charge in [0.2, 0.25) is 5.91 Å². The summed E-state index contributed by atoms with van der Waals surface area (Å²) in [5, 5.41) is 0. The number of benzene rings is 2. The number of hydrogen-bond acceptors (Lipinski definition) is 4. The Labute approximate surface area is 173 Å². The fraction of sp³-hybridized carbons (Fsp3) is 0.458. The number of methoxy groups -OCH3 is 1. The maximum absolute atomic E-state index is 13.0. The number of anilines is 1. The van der Waals surface area contributed by atoms with E-state index in [4.69, 9.17) is 4.74 Å². The molecule has 1 unspecified atom stereocenters. The van der Waals surface area contributed by atoms with Crippen LogP contribution in [-0.2, 0) is 11.2 Å². The van der Waals surface area contributed by atoms with Crippen molar-refractivity contribution in [1.82, 2.24) is 9.80 Å². The van der Waals surface area contributed by atoms with E-state index in [1.54, 1.807) is 7.11 Å². The van der Waals surface area contributed by atoms with Crippen molar-refractivity contribution in [2.24, 2.45) is 0 Å². The van der Waals surface area contributed by atoms with Crippen molar-refractivity contribution in [3.8, 4) is 5.75 Å². The van der Waals surface area contributed by atoms with E-state index in [2.05, 4.69) is 46.2 Å². The van der Waals surface area contributed by atoms with Crippen LogP contribution in [0.3, 0.4) is 0 Å². The highest BCUT2D eigenvalue weighted by Crippen LogP contribution is 2.33. The molecule has 1 amide bonds. The third-order valence-corrected chi connectivity index (χ3v) is 6.35. The number of likely N-dealkylation sites (N-methyl/N-ethyl adjacent to an activating group) is 1. The van der Waals surface area contributed by atoms with E-state index in [1.807, 2.05) is 24.1 Å². The van der Waals surface area contributed by atoms with Crippen LogP contribution < -0.4 is 9.64 Å². The first-order valence-corrected chi connectivity index (χ1v) is 10.6. The molecule has 5 nitrogen and oxygen atoms in total. The lowest BCUT2D eigenvalue weighted by Gasteiger charge is -2.38. The van der Waals surface area contributed by atoms with E-state index in [9.17, 15) is 4.79 Å². The molecule has 1 fully saturated rings. The highest BCUT2D eigenvalue weighted by molar-refractivity contribution is 5.78. The lowest BCUT2D eigenvalue weighted by atomic mass is 9.87. The predicted molar refractivity (Wildman–Crippen MR) is 117 cm³/mol. The minimum atomic E-state index is 0.213. The van der Waals surface area contributed by atoms with Gasteiger partial charge in [-0.2, -0.15) is 0 Å². The molecule has 29 heavy (non-hydrogen) atoms. The number of nitrogens with zero attached hydrogens (tertiary/aromatic N) is 3. The molecule has 2 aliphatic rings. The Morgan fingerprint density at radius 2 is 1.90 bits per heavy atom. The zero-order valence-corrected chi connectivity index (χ0v) is 17.5. The third kappa shape index (κ3) is 4.40. The summed E-state index contributed by atoms with van der Waals surface area (Å²) in [6, 6.07) is 17.0. The van der Waals surface area contributed by atoms with Gasteiger partial charge in [0, 0.05) is 45.0 Å². The second-order valence-corrected chi connectivity index (χ2v) is 8.08. The van der Waals surface area contributed by atoms with Crippen molar-refractivity contribution in [3.63, 3.8) is 0 Å². The van der Waals surface area contributed by atoms with E-state index >= 15 is 0 Å². The van der Waals surface area contributed by atoms with Gasteiger partial charge in [0.25, 0.3) is 0 Å². The first kappa shape index (κ1) is 19.8. The molecule has 5 heteroatoms. The van der Waals surface area contributed by atoms with Crippen LogP contribution in [0.25, 0.3) is 0 Å². The van der Waals surface area contributed by atoms with Crippen LogP contribution in [0.15, 0.2) is 48.5 Å². The fourth-order valence-electron chi connectivity index (χ4n) is 4.58. The molecular weight excluding hydrogens is 362 g/mol. The van der Waals surface area contributed by atoms with Crippen LogP contribution in [-0.4, -0.2) is 62.6 Å². The topological polar surface area (TPSA) is 36.0 Å². The van der Waals surface area contributed by atoms with Gasteiger partial charge >= 0.3 is 0 Å². The summed E-state index contributed by atoms with van der Waals surface area (Å²) in [6.07, 6.45) is 3.34. The Bertz CT molecular complexity index is 846.